The minimum absolute atomic E-state index is 0.500. The highest BCUT2D eigenvalue weighted by molar-refractivity contribution is 7.95. The number of piperidine rings is 1. The molecule has 0 unspecified atom stereocenters. The Kier molecular flexibility index (Phi) is 4.04. The highest BCUT2D eigenvalue weighted by Crippen LogP contribution is 2.40. The number of hydrogen-bond acceptors (Lipinski definition) is 3. The molecule has 114 valence electrons. The smallest absolute Gasteiger partial charge is 0.254 e. The quantitative estimate of drug-likeness (QED) is 0.929. The monoisotopic (exact) mass is 306 g/mol. The second-order valence-electron chi connectivity index (χ2n) is 5.92. The molecule has 1 aromatic carbocycles. The van der Waals surface area contributed by atoms with Crippen LogP contribution in [0.1, 0.15) is 43.7 Å². The first-order valence-corrected chi connectivity index (χ1v) is 9.15. The molecule has 0 spiro atoms. The zero-order chi connectivity index (χ0) is 14.9. The molecule has 1 N–H and O–H groups in total. The molecule has 3 rings (SSSR count). The fourth-order valence-electron chi connectivity index (χ4n) is 3.60. The number of anilines is 1. The first-order valence-electron chi connectivity index (χ1n) is 7.60. The highest BCUT2D eigenvalue weighted by Gasteiger charge is 2.35. The van der Waals surface area contributed by atoms with Gasteiger partial charge in [-0.15, -0.1) is 0 Å². The van der Waals surface area contributed by atoms with Crippen molar-refractivity contribution in [2.24, 2.45) is 0 Å². The van der Waals surface area contributed by atoms with Gasteiger partial charge in [0.05, 0.1) is 0 Å². The third-order valence-electron chi connectivity index (χ3n) is 4.62. The first kappa shape index (κ1) is 14.6. The van der Waals surface area contributed by atoms with E-state index in [1.54, 1.807) is 0 Å². The number of nitrogens with zero attached hydrogens (tertiary/aromatic N) is 1. The fourth-order valence-corrected chi connectivity index (χ4v) is 4.14. The molecule has 2 aliphatic heterocycles. The van der Waals surface area contributed by atoms with Gasteiger partial charge in [0.25, 0.3) is 10.0 Å². The van der Waals surface area contributed by atoms with Crippen molar-refractivity contribution in [1.82, 2.24) is 4.90 Å². The molecule has 4 nitrogen and oxygen atoms in total. The van der Waals surface area contributed by atoms with Gasteiger partial charge >= 0.3 is 0 Å². The maximum absolute atomic E-state index is 11.5. The number of benzene rings is 1. The van der Waals surface area contributed by atoms with Gasteiger partial charge in [0, 0.05) is 23.2 Å². The number of hydrogen-bond donors (Lipinski definition) is 1. The Balaban J connectivity index is 1.74. The van der Waals surface area contributed by atoms with Crippen LogP contribution in [0.4, 0.5) is 5.69 Å². The van der Waals surface area contributed by atoms with Gasteiger partial charge < -0.3 is 0 Å². The topological polar surface area (TPSA) is 49.4 Å². The summed E-state index contributed by atoms with van der Waals surface area (Å²) in [6.07, 6.45) is 6.48. The zero-order valence-corrected chi connectivity index (χ0v) is 13.0. The molecule has 1 aromatic rings. The van der Waals surface area contributed by atoms with E-state index in [0.717, 1.165) is 11.4 Å². The predicted octanol–water partition coefficient (Wildman–Crippen LogP) is 3.26. The van der Waals surface area contributed by atoms with Crippen molar-refractivity contribution in [1.29, 1.82) is 0 Å². The number of sulfonamides is 1. The molecule has 0 aliphatic carbocycles. The Bertz CT molecular complexity index is 610. The Labute approximate surface area is 126 Å². The fraction of sp³-hybridized carbons (Fsp3) is 0.500. The summed E-state index contributed by atoms with van der Waals surface area (Å²) in [7, 11) is -3.42. The van der Waals surface area contributed by atoms with Crippen molar-refractivity contribution >= 4 is 15.7 Å². The highest BCUT2D eigenvalue weighted by atomic mass is 32.2. The standard InChI is InChI=1S/C16H22N2O2S/c1-2-21(19,20)17-14-8-6-13(7-9-14)16-11-10-15-5-3-4-12-18(15)16/h2,6-9,15-17H,1,3-5,10-12H2/t15-,16-/m0/s1. The minimum Gasteiger partial charge on any atom is -0.293 e. The normalized spacial score (nSPS) is 26.3. The molecular formula is C16H22N2O2S. The SMILES string of the molecule is C=CS(=O)(=O)Nc1ccc([C@@H]2CC[C@@H]3CCCCN32)cc1. The van der Waals surface area contributed by atoms with Gasteiger partial charge in [-0.2, -0.15) is 0 Å². The van der Waals surface area contributed by atoms with E-state index >= 15 is 0 Å². The largest absolute Gasteiger partial charge is 0.293 e. The van der Waals surface area contributed by atoms with E-state index in [-0.39, 0.29) is 0 Å². The molecule has 0 amide bonds. The van der Waals surface area contributed by atoms with Crippen molar-refractivity contribution in [2.75, 3.05) is 11.3 Å². The summed E-state index contributed by atoms with van der Waals surface area (Å²) in [6.45, 7) is 4.49. The summed E-state index contributed by atoms with van der Waals surface area (Å²) in [4.78, 5) is 2.63. The van der Waals surface area contributed by atoms with Gasteiger partial charge in [0.15, 0.2) is 0 Å². The van der Waals surface area contributed by atoms with Crippen molar-refractivity contribution in [3.63, 3.8) is 0 Å². The van der Waals surface area contributed by atoms with Crippen LogP contribution in [-0.2, 0) is 10.0 Å². The Hall–Kier alpha value is -1.33. The predicted molar refractivity (Wildman–Crippen MR) is 85.5 cm³/mol. The van der Waals surface area contributed by atoms with Crippen LogP contribution in [0.15, 0.2) is 36.3 Å². The van der Waals surface area contributed by atoms with E-state index < -0.39 is 10.0 Å². The van der Waals surface area contributed by atoms with Gasteiger partial charge in [-0.3, -0.25) is 9.62 Å². The Morgan fingerprint density at radius 2 is 1.90 bits per heavy atom. The lowest BCUT2D eigenvalue weighted by molar-refractivity contribution is 0.150. The average molecular weight is 306 g/mol. The van der Waals surface area contributed by atoms with E-state index in [9.17, 15) is 8.42 Å². The lowest BCUT2D eigenvalue weighted by Gasteiger charge is -2.34. The number of fused-ring (bicyclic) bond motifs is 1. The first-order chi connectivity index (χ1) is 10.1. The maximum atomic E-state index is 11.5. The zero-order valence-electron chi connectivity index (χ0n) is 12.2. The summed E-state index contributed by atoms with van der Waals surface area (Å²) in [5, 5.41) is 0.927. The second kappa shape index (κ2) is 5.81. The van der Waals surface area contributed by atoms with Crippen LogP contribution >= 0.6 is 0 Å². The minimum atomic E-state index is -3.42. The van der Waals surface area contributed by atoms with Crippen LogP contribution in [0.2, 0.25) is 0 Å². The van der Waals surface area contributed by atoms with E-state index in [1.807, 2.05) is 24.3 Å². The van der Waals surface area contributed by atoms with Crippen LogP contribution < -0.4 is 4.72 Å². The summed E-state index contributed by atoms with van der Waals surface area (Å²) in [5.74, 6) is 0. The molecule has 0 aromatic heterocycles. The van der Waals surface area contributed by atoms with Gasteiger partial charge in [-0.25, -0.2) is 8.42 Å². The molecule has 2 atom stereocenters. The summed E-state index contributed by atoms with van der Waals surface area (Å²) >= 11 is 0. The summed E-state index contributed by atoms with van der Waals surface area (Å²) in [6, 6.07) is 9.02. The molecule has 21 heavy (non-hydrogen) atoms. The van der Waals surface area contributed by atoms with Crippen molar-refractivity contribution in [2.45, 2.75) is 44.2 Å². The molecule has 2 heterocycles. The van der Waals surface area contributed by atoms with E-state index in [1.165, 1.54) is 44.2 Å². The molecular weight excluding hydrogens is 284 g/mol. The summed E-state index contributed by atoms with van der Waals surface area (Å²) < 4.78 is 25.4. The lowest BCUT2D eigenvalue weighted by atomic mass is 10.0. The third kappa shape index (κ3) is 3.14. The lowest BCUT2D eigenvalue weighted by Crippen LogP contribution is -2.35. The van der Waals surface area contributed by atoms with E-state index in [2.05, 4.69) is 16.2 Å². The van der Waals surface area contributed by atoms with Gasteiger partial charge in [-0.05, 0) is 49.9 Å². The molecule has 5 heteroatoms. The van der Waals surface area contributed by atoms with Crippen molar-refractivity contribution in [3.8, 4) is 0 Å². The van der Waals surface area contributed by atoms with Crippen LogP contribution in [-0.4, -0.2) is 25.9 Å². The van der Waals surface area contributed by atoms with Crippen molar-refractivity contribution in [3.05, 3.63) is 41.8 Å². The van der Waals surface area contributed by atoms with Gasteiger partial charge in [-0.1, -0.05) is 25.1 Å². The Morgan fingerprint density at radius 3 is 2.62 bits per heavy atom. The second-order valence-corrected chi connectivity index (χ2v) is 7.54. The van der Waals surface area contributed by atoms with Crippen LogP contribution in [0, 0.1) is 0 Å². The number of nitrogens with one attached hydrogen (secondary N) is 1. The third-order valence-corrected chi connectivity index (χ3v) is 5.58. The van der Waals surface area contributed by atoms with Gasteiger partial charge in [0.1, 0.15) is 0 Å². The average Bonchev–Trinajstić information content (AvgIpc) is 2.92. The molecule has 2 saturated heterocycles. The van der Waals surface area contributed by atoms with Crippen LogP contribution in [0.3, 0.4) is 0 Å². The molecule has 0 saturated carbocycles. The van der Waals surface area contributed by atoms with Gasteiger partial charge in [0.2, 0.25) is 0 Å². The van der Waals surface area contributed by atoms with E-state index in [0.29, 0.717) is 11.7 Å². The molecule has 0 bridgehead atoms. The maximum Gasteiger partial charge on any atom is 0.254 e. The van der Waals surface area contributed by atoms with Crippen molar-refractivity contribution < 1.29 is 8.42 Å². The van der Waals surface area contributed by atoms with Crippen LogP contribution in [0.5, 0.6) is 0 Å². The summed E-state index contributed by atoms with van der Waals surface area (Å²) in [5.41, 5.74) is 1.88. The number of rotatable bonds is 4. The molecule has 0 radical (unpaired) electrons. The van der Waals surface area contributed by atoms with Crippen LogP contribution in [0.25, 0.3) is 0 Å². The Morgan fingerprint density at radius 1 is 1.14 bits per heavy atom. The molecule has 2 fully saturated rings. The van der Waals surface area contributed by atoms with E-state index in [4.69, 9.17) is 0 Å². The molecule has 2 aliphatic rings.